The van der Waals surface area contributed by atoms with Gasteiger partial charge in [0.15, 0.2) is 0 Å². The Kier molecular flexibility index (Phi) is 2.14. The maximum atomic E-state index is 10.6. The normalized spacial score (nSPS) is 11.9. The smallest absolute Gasteiger partial charge is 0.150 e. The summed E-state index contributed by atoms with van der Waals surface area (Å²) in [6.07, 6.45) is 0.878. The van der Waals surface area contributed by atoms with E-state index in [9.17, 15) is 4.79 Å². The molecule has 2 nitrogen and oxygen atoms in total. The van der Waals surface area contributed by atoms with Crippen molar-refractivity contribution in [2.45, 2.75) is 26.2 Å². The van der Waals surface area contributed by atoms with Crippen LogP contribution in [-0.2, 0) is 5.41 Å². The summed E-state index contributed by atoms with van der Waals surface area (Å²) in [5, 5.41) is 1.10. The van der Waals surface area contributed by atoms with Crippen LogP contribution >= 0.6 is 0 Å². The van der Waals surface area contributed by atoms with Crippen molar-refractivity contribution in [2.24, 2.45) is 0 Å². The SMILES string of the molecule is CC(C)(C)c1cc2cc(C=O)ccc2[nH]1. The summed E-state index contributed by atoms with van der Waals surface area (Å²) in [7, 11) is 0. The van der Waals surface area contributed by atoms with Crippen molar-refractivity contribution in [2.75, 3.05) is 0 Å². The van der Waals surface area contributed by atoms with Gasteiger partial charge in [-0.1, -0.05) is 20.8 Å². The van der Waals surface area contributed by atoms with E-state index in [2.05, 4.69) is 31.8 Å². The minimum absolute atomic E-state index is 0.111. The molecule has 0 spiro atoms. The lowest BCUT2D eigenvalue weighted by molar-refractivity contribution is 0.112. The average molecular weight is 201 g/mol. The molecule has 0 saturated heterocycles. The third kappa shape index (κ3) is 1.80. The number of aromatic nitrogens is 1. The molecule has 0 atom stereocenters. The largest absolute Gasteiger partial charge is 0.358 e. The molecule has 0 aliphatic carbocycles. The van der Waals surface area contributed by atoms with Crippen molar-refractivity contribution < 1.29 is 4.79 Å². The lowest BCUT2D eigenvalue weighted by atomic mass is 9.92. The van der Waals surface area contributed by atoms with Gasteiger partial charge in [0.1, 0.15) is 6.29 Å². The van der Waals surface area contributed by atoms with Gasteiger partial charge in [0.05, 0.1) is 0 Å². The molecule has 0 bridgehead atoms. The summed E-state index contributed by atoms with van der Waals surface area (Å²) in [5.74, 6) is 0. The molecule has 0 fully saturated rings. The van der Waals surface area contributed by atoms with E-state index >= 15 is 0 Å². The van der Waals surface area contributed by atoms with Gasteiger partial charge in [-0.2, -0.15) is 0 Å². The van der Waals surface area contributed by atoms with E-state index in [-0.39, 0.29) is 5.41 Å². The predicted octanol–water partition coefficient (Wildman–Crippen LogP) is 3.28. The van der Waals surface area contributed by atoms with E-state index in [4.69, 9.17) is 0 Å². The second kappa shape index (κ2) is 3.23. The van der Waals surface area contributed by atoms with Crippen LogP contribution in [0.4, 0.5) is 0 Å². The zero-order valence-electron chi connectivity index (χ0n) is 9.29. The van der Waals surface area contributed by atoms with E-state index in [1.54, 1.807) is 0 Å². The lowest BCUT2D eigenvalue weighted by Gasteiger charge is -2.15. The zero-order chi connectivity index (χ0) is 11.1. The Morgan fingerprint density at radius 3 is 2.53 bits per heavy atom. The molecule has 0 saturated carbocycles. The van der Waals surface area contributed by atoms with Crippen molar-refractivity contribution in [1.29, 1.82) is 0 Å². The molecule has 0 unspecified atom stereocenters. The molecule has 0 aliphatic heterocycles. The zero-order valence-corrected chi connectivity index (χ0v) is 9.29. The Morgan fingerprint density at radius 1 is 1.20 bits per heavy atom. The fraction of sp³-hybridized carbons (Fsp3) is 0.308. The Labute approximate surface area is 89.3 Å². The number of carbonyl (C=O) groups excluding carboxylic acids is 1. The van der Waals surface area contributed by atoms with Crippen molar-refractivity contribution in [1.82, 2.24) is 4.98 Å². The number of aromatic amines is 1. The van der Waals surface area contributed by atoms with Crippen molar-refractivity contribution >= 4 is 17.2 Å². The second-order valence-electron chi connectivity index (χ2n) is 4.90. The molecule has 15 heavy (non-hydrogen) atoms. The maximum absolute atomic E-state index is 10.6. The molecule has 0 amide bonds. The van der Waals surface area contributed by atoms with Gasteiger partial charge in [0.2, 0.25) is 0 Å². The highest BCUT2D eigenvalue weighted by molar-refractivity contribution is 5.87. The molecular weight excluding hydrogens is 186 g/mol. The van der Waals surface area contributed by atoms with Gasteiger partial charge in [-0.25, -0.2) is 0 Å². The van der Waals surface area contributed by atoms with Gasteiger partial charge in [0.25, 0.3) is 0 Å². The number of nitrogens with one attached hydrogen (secondary N) is 1. The third-order valence-corrected chi connectivity index (χ3v) is 2.59. The molecule has 0 aliphatic rings. The quantitative estimate of drug-likeness (QED) is 0.706. The Balaban J connectivity index is 2.61. The monoisotopic (exact) mass is 201 g/mol. The van der Waals surface area contributed by atoms with E-state index in [1.165, 1.54) is 5.69 Å². The van der Waals surface area contributed by atoms with E-state index < -0.39 is 0 Å². The van der Waals surface area contributed by atoms with E-state index in [1.807, 2.05) is 18.2 Å². The van der Waals surface area contributed by atoms with Crippen LogP contribution in [0, 0.1) is 0 Å². The van der Waals surface area contributed by atoms with Gasteiger partial charge < -0.3 is 4.98 Å². The Morgan fingerprint density at radius 2 is 1.93 bits per heavy atom. The number of carbonyl (C=O) groups is 1. The van der Waals surface area contributed by atoms with Crippen LogP contribution in [0.2, 0.25) is 0 Å². The summed E-state index contributed by atoms with van der Waals surface area (Å²) < 4.78 is 0. The Hall–Kier alpha value is -1.57. The number of hydrogen-bond donors (Lipinski definition) is 1. The summed E-state index contributed by atoms with van der Waals surface area (Å²) in [4.78, 5) is 14.0. The fourth-order valence-electron chi connectivity index (χ4n) is 1.63. The molecule has 2 rings (SSSR count). The van der Waals surface area contributed by atoms with Gasteiger partial charge in [0, 0.05) is 27.6 Å². The highest BCUT2D eigenvalue weighted by Gasteiger charge is 2.15. The topological polar surface area (TPSA) is 32.9 Å². The van der Waals surface area contributed by atoms with E-state index in [0.717, 1.165) is 22.8 Å². The first kappa shape index (κ1) is 9.97. The van der Waals surface area contributed by atoms with Crippen LogP contribution in [0.1, 0.15) is 36.8 Å². The van der Waals surface area contributed by atoms with Crippen LogP contribution in [0.25, 0.3) is 10.9 Å². The first-order valence-electron chi connectivity index (χ1n) is 5.09. The number of aldehydes is 1. The van der Waals surface area contributed by atoms with Crippen molar-refractivity contribution in [3.63, 3.8) is 0 Å². The molecule has 1 N–H and O–H groups in total. The maximum Gasteiger partial charge on any atom is 0.150 e. The van der Waals surface area contributed by atoms with Gasteiger partial charge in [-0.05, 0) is 24.3 Å². The first-order valence-corrected chi connectivity index (χ1v) is 5.09. The summed E-state index contributed by atoms with van der Waals surface area (Å²) >= 11 is 0. The van der Waals surface area contributed by atoms with Gasteiger partial charge in [-0.3, -0.25) is 4.79 Å². The molecule has 1 heterocycles. The summed E-state index contributed by atoms with van der Waals surface area (Å²) in [6.45, 7) is 6.50. The number of fused-ring (bicyclic) bond motifs is 1. The van der Waals surface area contributed by atoms with Crippen molar-refractivity contribution in [3.8, 4) is 0 Å². The predicted molar refractivity (Wildman–Crippen MR) is 62.4 cm³/mol. The average Bonchev–Trinajstić information content (AvgIpc) is 2.59. The number of benzene rings is 1. The molecule has 2 aromatic rings. The highest BCUT2D eigenvalue weighted by Crippen LogP contribution is 2.25. The van der Waals surface area contributed by atoms with Gasteiger partial charge >= 0.3 is 0 Å². The van der Waals surface area contributed by atoms with Crippen LogP contribution in [0.3, 0.4) is 0 Å². The second-order valence-corrected chi connectivity index (χ2v) is 4.90. The highest BCUT2D eigenvalue weighted by atomic mass is 16.1. The number of hydrogen-bond acceptors (Lipinski definition) is 1. The minimum Gasteiger partial charge on any atom is -0.358 e. The van der Waals surface area contributed by atoms with Crippen molar-refractivity contribution in [3.05, 3.63) is 35.5 Å². The first-order chi connectivity index (χ1) is 7.00. The number of rotatable bonds is 1. The molecule has 1 aromatic carbocycles. The molecule has 2 heteroatoms. The molecule has 0 radical (unpaired) electrons. The standard InChI is InChI=1S/C13H15NO/c1-13(2,3)12-7-10-6-9(8-15)4-5-11(10)14-12/h4-8,14H,1-3H3. The lowest BCUT2D eigenvalue weighted by Crippen LogP contribution is -2.10. The summed E-state index contributed by atoms with van der Waals surface area (Å²) in [5.41, 5.74) is 3.12. The van der Waals surface area contributed by atoms with E-state index in [0.29, 0.717) is 0 Å². The molecular formula is C13H15NO. The number of H-pyrrole nitrogens is 1. The van der Waals surface area contributed by atoms with Crippen LogP contribution in [0.15, 0.2) is 24.3 Å². The van der Waals surface area contributed by atoms with Crippen LogP contribution in [-0.4, -0.2) is 11.3 Å². The third-order valence-electron chi connectivity index (χ3n) is 2.59. The summed E-state index contributed by atoms with van der Waals surface area (Å²) in [6, 6.07) is 7.81. The van der Waals surface area contributed by atoms with Crippen LogP contribution < -0.4 is 0 Å². The molecule has 78 valence electrons. The molecule has 1 aromatic heterocycles. The Bertz CT molecular complexity index is 503. The van der Waals surface area contributed by atoms with Crippen LogP contribution in [0.5, 0.6) is 0 Å². The fourth-order valence-corrected chi connectivity index (χ4v) is 1.63. The van der Waals surface area contributed by atoms with Gasteiger partial charge in [-0.15, -0.1) is 0 Å². The minimum atomic E-state index is 0.111.